The molecule has 0 bridgehead atoms. The fourth-order valence-electron chi connectivity index (χ4n) is 2.89. The number of aromatic nitrogens is 4. The van der Waals surface area contributed by atoms with E-state index < -0.39 is 11.6 Å². The molecular formula is C24H18F2N4O2S. The highest BCUT2D eigenvalue weighted by Gasteiger charge is 2.06. The number of fused-ring (bicyclic) bond motifs is 1. The van der Waals surface area contributed by atoms with Crippen molar-refractivity contribution in [2.24, 2.45) is 0 Å². The smallest absolute Gasteiger partial charge is 0.181 e. The predicted octanol–water partition coefficient (Wildman–Crippen LogP) is 5.10. The molecule has 0 atom stereocenters. The topological polar surface area (TPSA) is 80.8 Å². The first-order chi connectivity index (χ1) is 16.1. The van der Waals surface area contributed by atoms with E-state index in [1.165, 1.54) is 18.5 Å². The summed E-state index contributed by atoms with van der Waals surface area (Å²) < 4.78 is 32.9. The number of imidazole rings is 1. The third kappa shape index (κ3) is 5.89. The van der Waals surface area contributed by atoms with E-state index in [4.69, 9.17) is 4.74 Å². The van der Waals surface area contributed by atoms with E-state index in [0.717, 1.165) is 40.4 Å². The first kappa shape index (κ1) is 22.3. The fourth-order valence-corrected chi connectivity index (χ4v) is 3.67. The minimum atomic E-state index is -0.719. The lowest BCUT2D eigenvalue weighted by atomic mass is 10.1. The molecule has 9 heteroatoms. The van der Waals surface area contributed by atoms with Gasteiger partial charge in [0, 0.05) is 11.3 Å². The molecule has 0 unspecified atom stereocenters. The molecule has 4 aromatic rings. The molecule has 4 rings (SSSR count). The minimum Gasteiger partial charge on any atom is -0.493 e. The largest absolute Gasteiger partial charge is 0.493 e. The van der Waals surface area contributed by atoms with Crippen LogP contribution in [-0.2, 0) is 4.79 Å². The van der Waals surface area contributed by atoms with Crippen LogP contribution in [0, 0.1) is 11.6 Å². The summed E-state index contributed by atoms with van der Waals surface area (Å²) >= 11 is 1.54. The molecular weight excluding hydrogens is 446 g/mol. The van der Waals surface area contributed by atoms with Crippen LogP contribution in [0.3, 0.4) is 0 Å². The van der Waals surface area contributed by atoms with Gasteiger partial charge in [-0.3, -0.25) is 4.79 Å². The van der Waals surface area contributed by atoms with Gasteiger partial charge >= 0.3 is 0 Å². The Bertz CT molecular complexity index is 1300. The molecule has 33 heavy (non-hydrogen) atoms. The highest BCUT2D eigenvalue weighted by molar-refractivity contribution is 7.99. The molecule has 0 aliphatic rings. The predicted molar refractivity (Wildman–Crippen MR) is 124 cm³/mol. The zero-order chi connectivity index (χ0) is 23.0. The van der Waals surface area contributed by atoms with Crippen molar-refractivity contribution >= 4 is 40.9 Å². The van der Waals surface area contributed by atoms with Crippen molar-refractivity contribution in [3.8, 4) is 5.75 Å². The number of hydrogen-bond acceptors (Lipinski definition) is 6. The first-order valence-corrected chi connectivity index (χ1v) is 10.9. The molecule has 0 radical (unpaired) electrons. The Morgan fingerprint density at radius 2 is 1.76 bits per heavy atom. The van der Waals surface area contributed by atoms with Gasteiger partial charge in [0.05, 0.1) is 12.9 Å². The molecule has 6 nitrogen and oxygen atoms in total. The standard InChI is InChI=1S/C24H18F2N4O2S/c25-20-2-1-3-21(26)19(20)11-8-17(31)7-4-16-5-9-18(10-6-16)32-12-13-33-24-22-23(28-14-27-22)29-15-30-24/h1-11,14-15H,12-13H2,(H,27,28,29,30)/b7-4+,11-8+. The number of rotatable bonds is 9. The average molecular weight is 464 g/mol. The maximum atomic E-state index is 13.6. The van der Waals surface area contributed by atoms with Crippen molar-refractivity contribution < 1.29 is 18.3 Å². The number of ether oxygens (including phenoxy) is 1. The number of nitrogens with zero attached hydrogens (tertiary/aromatic N) is 3. The van der Waals surface area contributed by atoms with Crippen LogP contribution in [0.4, 0.5) is 8.78 Å². The second-order valence-electron chi connectivity index (χ2n) is 6.75. The third-order valence-corrected chi connectivity index (χ3v) is 5.47. The van der Waals surface area contributed by atoms with Crippen LogP contribution in [0.15, 0.2) is 72.3 Å². The van der Waals surface area contributed by atoms with E-state index in [1.54, 1.807) is 36.3 Å². The molecule has 0 fully saturated rings. The SMILES string of the molecule is O=C(/C=C/c1ccc(OCCSc2ncnc3nc[nH]c23)cc1)/C=C/c1c(F)cccc1F. The molecule has 0 spiro atoms. The average Bonchev–Trinajstić information content (AvgIpc) is 3.31. The summed E-state index contributed by atoms with van der Waals surface area (Å²) in [4.78, 5) is 27.5. The van der Waals surface area contributed by atoms with E-state index in [2.05, 4.69) is 19.9 Å². The molecule has 0 saturated heterocycles. The van der Waals surface area contributed by atoms with Gasteiger partial charge in [-0.2, -0.15) is 0 Å². The van der Waals surface area contributed by atoms with Crippen LogP contribution in [0.1, 0.15) is 11.1 Å². The molecule has 2 aromatic heterocycles. The number of thioether (sulfide) groups is 1. The van der Waals surface area contributed by atoms with Gasteiger partial charge in [0.2, 0.25) is 0 Å². The molecule has 2 heterocycles. The number of carbonyl (C=O) groups excluding carboxylic acids is 1. The van der Waals surface area contributed by atoms with Crippen LogP contribution in [-0.4, -0.2) is 38.1 Å². The van der Waals surface area contributed by atoms with E-state index in [-0.39, 0.29) is 11.3 Å². The number of halogens is 2. The van der Waals surface area contributed by atoms with E-state index in [0.29, 0.717) is 23.8 Å². The van der Waals surface area contributed by atoms with Crippen LogP contribution >= 0.6 is 11.8 Å². The zero-order valence-corrected chi connectivity index (χ0v) is 18.1. The molecule has 1 N–H and O–H groups in total. The van der Waals surface area contributed by atoms with Crippen molar-refractivity contribution in [1.29, 1.82) is 0 Å². The lowest BCUT2D eigenvalue weighted by Crippen LogP contribution is -2.00. The highest BCUT2D eigenvalue weighted by Crippen LogP contribution is 2.22. The van der Waals surface area contributed by atoms with Gasteiger partial charge < -0.3 is 9.72 Å². The maximum absolute atomic E-state index is 13.6. The molecule has 0 aliphatic heterocycles. The minimum absolute atomic E-state index is 0.243. The van der Waals surface area contributed by atoms with Crippen LogP contribution in [0.2, 0.25) is 0 Å². The maximum Gasteiger partial charge on any atom is 0.181 e. The van der Waals surface area contributed by atoms with Gasteiger partial charge in [0.15, 0.2) is 11.4 Å². The van der Waals surface area contributed by atoms with E-state index in [1.807, 2.05) is 12.1 Å². The lowest BCUT2D eigenvalue weighted by Gasteiger charge is -2.06. The van der Waals surface area contributed by atoms with Gasteiger partial charge in [-0.15, -0.1) is 11.8 Å². The summed E-state index contributed by atoms with van der Waals surface area (Å²) in [6.45, 7) is 0.482. The number of hydrogen-bond donors (Lipinski definition) is 1. The number of allylic oxidation sites excluding steroid dienone is 2. The van der Waals surface area contributed by atoms with Gasteiger partial charge in [-0.1, -0.05) is 24.3 Å². The van der Waals surface area contributed by atoms with Crippen molar-refractivity contribution in [3.05, 3.63) is 90.0 Å². The summed E-state index contributed by atoms with van der Waals surface area (Å²) in [6, 6.07) is 10.8. The summed E-state index contributed by atoms with van der Waals surface area (Å²) in [6.07, 6.45) is 8.28. The van der Waals surface area contributed by atoms with Crippen molar-refractivity contribution in [2.45, 2.75) is 5.03 Å². The van der Waals surface area contributed by atoms with Gasteiger partial charge in [0.1, 0.15) is 34.3 Å². The first-order valence-electron chi connectivity index (χ1n) is 9.94. The van der Waals surface area contributed by atoms with Crippen molar-refractivity contribution in [2.75, 3.05) is 12.4 Å². The number of benzene rings is 2. The molecule has 0 saturated carbocycles. The van der Waals surface area contributed by atoms with Gasteiger partial charge in [0.25, 0.3) is 0 Å². The normalized spacial score (nSPS) is 11.6. The Hall–Kier alpha value is -3.85. The van der Waals surface area contributed by atoms with Crippen molar-refractivity contribution in [1.82, 2.24) is 19.9 Å². The van der Waals surface area contributed by atoms with Gasteiger partial charge in [-0.25, -0.2) is 23.7 Å². The van der Waals surface area contributed by atoms with Crippen LogP contribution in [0.25, 0.3) is 23.3 Å². The molecule has 0 amide bonds. The summed E-state index contributed by atoms with van der Waals surface area (Å²) in [7, 11) is 0. The van der Waals surface area contributed by atoms with Crippen LogP contribution in [0.5, 0.6) is 5.75 Å². The molecule has 2 aromatic carbocycles. The number of nitrogens with one attached hydrogen (secondary N) is 1. The molecule has 0 aliphatic carbocycles. The zero-order valence-electron chi connectivity index (χ0n) is 17.2. The Morgan fingerprint density at radius 3 is 2.55 bits per heavy atom. The van der Waals surface area contributed by atoms with Crippen molar-refractivity contribution in [3.63, 3.8) is 0 Å². The Morgan fingerprint density at radius 1 is 1.00 bits per heavy atom. The van der Waals surface area contributed by atoms with E-state index >= 15 is 0 Å². The van der Waals surface area contributed by atoms with Gasteiger partial charge in [-0.05, 0) is 48.1 Å². The summed E-state index contributed by atoms with van der Waals surface area (Å²) in [5, 5.41) is 0.818. The second-order valence-corrected chi connectivity index (χ2v) is 7.83. The molecule has 166 valence electrons. The monoisotopic (exact) mass is 464 g/mol. The number of ketones is 1. The highest BCUT2D eigenvalue weighted by atomic mass is 32.2. The Balaban J connectivity index is 1.25. The second kappa shape index (κ2) is 10.6. The van der Waals surface area contributed by atoms with E-state index in [9.17, 15) is 13.6 Å². The summed E-state index contributed by atoms with van der Waals surface area (Å²) in [5.41, 5.74) is 1.98. The number of aromatic amines is 1. The summed E-state index contributed by atoms with van der Waals surface area (Å²) in [5.74, 6) is -0.433. The Kier molecular flexibility index (Phi) is 7.21. The lowest BCUT2D eigenvalue weighted by molar-refractivity contribution is -0.110. The number of H-pyrrole nitrogens is 1. The Labute approximate surface area is 192 Å². The quantitative estimate of drug-likeness (QED) is 0.161. The third-order valence-electron chi connectivity index (χ3n) is 4.51. The number of carbonyl (C=O) groups is 1. The fraction of sp³-hybridized carbons (Fsp3) is 0.0833. The van der Waals surface area contributed by atoms with Crippen LogP contribution < -0.4 is 4.74 Å².